The van der Waals surface area contributed by atoms with Gasteiger partial charge in [-0.15, -0.1) is 23.2 Å². The van der Waals surface area contributed by atoms with Crippen LogP contribution >= 0.6 is 11.8 Å². The van der Waals surface area contributed by atoms with Crippen LogP contribution in [0.5, 0.6) is 11.8 Å². The maximum atomic E-state index is 15.0. The first-order chi connectivity index (χ1) is 21.3. The van der Waals surface area contributed by atoms with Crippen LogP contribution < -0.4 is 4.74 Å². The number of aliphatic hydroxyl groups is 1. The van der Waals surface area contributed by atoms with E-state index < -0.39 is 11.7 Å². The van der Waals surface area contributed by atoms with Gasteiger partial charge in [0.2, 0.25) is 0 Å². The number of benzene rings is 2. The number of aryl methyl sites for hydroxylation is 1. The molecule has 2 fully saturated rings. The molecule has 2 aromatic carbocycles. The van der Waals surface area contributed by atoms with E-state index in [1.165, 1.54) is 11.1 Å². The van der Waals surface area contributed by atoms with Crippen LogP contribution in [-0.4, -0.2) is 36.0 Å². The number of rotatable bonds is 7. The van der Waals surface area contributed by atoms with Gasteiger partial charge in [-0.25, -0.2) is 0 Å². The molecular formula is C36H39FN4O2S. The molecule has 4 aromatic rings. The molecule has 228 valence electrons. The summed E-state index contributed by atoms with van der Waals surface area (Å²) in [5.41, 5.74) is 2.19. The summed E-state index contributed by atoms with van der Waals surface area (Å²) in [5.74, 6) is 5.94. The summed E-state index contributed by atoms with van der Waals surface area (Å²) in [6.45, 7) is 7.24. The van der Waals surface area contributed by atoms with Crippen molar-refractivity contribution in [2.45, 2.75) is 88.8 Å². The lowest BCUT2D eigenvalue weighted by Gasteiger charge is -2.52. The second-order valence-electron chi connectivity index (χ2n) is 12.9. The minimum absolute atomic E-state index is 0.0490. The number of fused-ring (bicyclic) bond motifs is 6. The zero-order valence-electron chi connectivity index (χ0n) is 25.6. The predicted octanol–water partition coefficient (Wildman–Crippen LogP) is 8.17. The van der Waals surface area contributed by atoms with Crippen LogP contribution in [0.25, 0.3) is 22.3 Å². The van der Waals surface area contributed by atoms with Gasteiger partial charge in [0.25, 0.3) is 0 Å². The van der Waals surface area contributed by atoms with E-state index in [2.05, 4.69) is 64.4 Å². The number of hydrogen-bond acceptors (Lipinski definition) is 6. The minimum atomic E-state index is -1.000. The summed E-state index contributed by atoms with van der Waals surface area (Å²) in [4.78, 5) is 12.7. The maximum Gasteiger partial charge on any atom is 0.328 e. The third-order valence-electron chi connectivity index (χ3n) is 10.8. The number of nitrogens with zero attached hydrogens (tertiary/aromatic N) is 4. The molecule has 3 aliphatic carbocycles. The fourth-order valence-electron chi connectivity index (χ4n) is 8.70. The van der Waals surface area contributed by atoms with E-state index in [9.17, 15) is 9.50 Å². The SMILES string of the molecule is C#CC1(O)CC[C@H]2[C@@H]3CCc4cc(Oc5nc(F)nc(-c6c7ccccc7c(SCC)n6CCC)n5)ccc4[C@H]3CC[C@@]21C. The molecule has 3 aliphatic rings. The van der Waals surface area contributed by atoms with Gasteiger partial charge >= 0.3 is 12.1 Å². The van der Waals surface area contributed by atoms with E-state index in [-0.39, 0.29) is 17.2 Å². The number of halogens is 1. The molecule has 1 N–H and O–H groups in total. The van der Waals surface area contributed by atoms with Crippen LogP contribution in [0.2, 0.25) is 0 Å². The third kappa shape index (κ3) is 4.54. The molecule has 1 unspecified atom stereocenters. The largest absolute Gasteiger partial charge is 0.424 e. The first-order valence-electron chi connectivity index (χ1n) is 16.0. The molecule has 2 heterocycles. The number of ether oxygens (including phenoxy) is 1. The van der Waals surface area contributed by atoms with Crippen LogP contribution in [0, 0.1) is 35.7 Å². The lowest BCUT2D eigenvalue weighted by Crippen LogP contribution is -2.50. The Balaban J connectivity index is 1.19. The Kier molecular flexibility index (Phi) is 7.45. The second kappa shape index (κ2) is 11.2. The van der Waals surface area contributed by atoms with E-state index in [1.807, 2.05) is 24.3 Å². The van der Waals surface area contributed by atoms with Crippen molar-refractivity contribution in [3.05, 3.63) is 59.7 Å². The van der Waals surface area contributed by atoms with E-state index in [0.717, 1.165) is 72.3 Å². The monoisotopic (exact) mass is 610 g/mol. The van der Waals surface area contributed by atoms with Crippen LogP contribution in [-0.2, 0) is 13.0 Å². The van der Waals surface area contributed by atoms with Crippen molar-refractivity contribution in [1.82, 2.24) is 19.5 Å². The minimum Gasteiger partial charge on any atom is -0.424 e. The van der Waals surface area contributed by atoms with Crippen molar-refractivity contribution in [2.24, 2.45) is 17.3 Å². The highest BCUT2D eigenvalue weighted by atomic mass is 32.2. The molecule has 0 saturated heterocycles. The smallest absolute Gasteiger partial charge is 0.328 e. The van der Waals surface area contributed by atoms with Crippen molar-refractivity contribution >= 4 is 22.5 Å². The fourth-order valence-corrected chi connectivity index (χ4v) is 9.65. The first-order valence-corrected chi connectivity index (χ1v) is 17.0. The highest BCUT2D eigenvalue weighted by Crippen LogP contribution is 2.64. The Morgan fingerprint density at radius 3 is 2.68 bits per heavy atom. The summed E-state index contributed by atoms with van der Waals surface area (Å²) in [6, 6.07) is 14.3. The molecule has 8 heteroatoms. The molecule has 0 spiro atoms. The van der Waals surface area contributed by atoms with Gasteiger partial charge in [0, 0.05) is 22.7 Å². The van der Waals surface area contributed by atoms with Crippen molar-refractivity contribution in [1.29, 1.82) is 0 Å². The Labute approximate surface area is 262 Å². The zero-order valence-corrected chi connectivity index (χ0v) is 26.5. The molecular weight excluding hydrogens is 571 g/mol. The normalized spacial score (nSPS) is 27.4. The van der Waals surface area contributed by atoms with E-state index in [1.54, 1.807) is 11.8 Å². The maximum absolute atomic E-state index is 15.0. The summed E-state index contributed by atoms with van der Waals surface area (Å²) in [7, 11) is 0. The van der Waals surface area contributed by atoms with Crippen molar-refractivity contribution in [3.63, 3.8) is 0 Å². The molecule has 2 aromatic heterocycles. The van der Waals surface area contributed by atoms with Gasteiger partial charge in [0.05, 0.1) is 10.7 Å². The predicted molar refractivity (Wildman–Crippen MR) is 172 cm³/mol. The van der Waals surface area contributed by atoms with Gasteiger partial charge in [-0.2, -0.15) is 14.4 Å². The van der Waals surface area contributed by atoms with E-state index in [4.69, 9.17) is 11.2 Å². The molecule has 44 heavy (non-hydrogen) atoms. The van der Waals surface area contributed by atoms with Crippen molar-refractivity contribution in [3.8, 4) is 35.6 Å². The lowest BCUT2D eigenvalue weighted by atomic mass is 9.53. The van der Waals surface area contributed by atoms with E-state index >= 15 is 0 Å². The van der Waals surface area contributed by atoms with Crippen LogP contribution in [0.3, 0.4) is 0 Å². The molecule has 0 amide bonds. The third-order valence-corrected chi connectivity index (χ3v) is 11.8. The average Bonchev–Trinajstić information content (AvgIpc) is 3.48. The average molecular weight is 611 g/mol. The standard InChI is InChI=1S/C36H39FN4O2S/c1-5-20-41-30(27-10-8-9-11-28(27)32(41)44-7-3)31-38-33(37)40-34(39-31)43-23-13-15-24-22(21-23)12-14-26-25(24)16-18-35(4)29(26)17-19-36(35,42)6-2/h2,8-11,13,15,21,25-26,29,42H,5,7,12,14,16-20H2,1,3-4H3/t25-,26-,29+,35+,36?/m1/s1. The molecule has 6 nitrogen and oxygen atoms in total. The Morgan fingerprint density at radius 1 is 1.09 bits per heavy atom. The summed E-state index contributed by atoms with van der Waals surface area (Å²) in [6.07, 6.45) is 11.5. The summed E-state index contributed by atoms with van der Waals surface area (Å²) in [5, 5.41) is 14.5. The molecule has 2 saturated carbocycles. The molecule has 0 aliphatic heterocycles. The Hall–Kier alpha value is -3.41. The molecule has 5 atom stereocenters. The number of aromatic nitrogens is 4. The molecule has 0 radical (unpaired) electrons. The first kappa shape index (κ1) is 29.3. The quantitative estimate of drug-likeness (QED) is 0.168. The van der Waals surface area contributed by atoms with Crippen molar-refractivity contribution in [2.75, 3.05) is 5.75 Å². The highest BCUT2D eigenvalue weighted by molar-refractivity contribution is 7.99. The van der Waals surface area contributed by atoms with Gasteiger partial charge in [0.15, 0.2) is 5.82 Å². The van der Waals surface area contributed by atoms with Crippen LogP contribution in [0.4, 0.5) is 4.39 Å². The van der Waals surface area contributed by atoms with Gasteiger partial charge in [-0.3, -0.25) is 0 Å². The molecule has 0 bridgehead atoms. The fraction of sp³-hybridized carbons (Fsp3) is 0.472. The summed E-state index contributed by atoms with van der Waals surface area (Å²) < 4.78 is 23.3. The lowest BCUT2D eigenvalue weighted by molar-refractivity contribution is -0.0646. The van der Waals surface area contributed by atoms with E-state index in [0.29, 0.717) is 29.9 Å². The topological polar surface area (TPSA) is 73.1 Å². The van der Waals surface area contributed by atoms with Gasteiger partial charge in [0.1, 0.15) is 11.4 Å². The van der Waals surface area contributed by atoms with Crippen molar-refractivity contribution < 1.29 is 14.2 Å². The van der Waals surface area contributed by atoms with Gasteiger partial charge in [-0.05, 0) is 91.7 Å². The van der Waals surface area contributed by atoms with Gasteiger partial charge in [-0.1, -0.05) is 57.0 Å². The Morgan fingerprint density at radius 2 is 1.91 bits per heavy atom. The molecule has 7 rings (SSSR count). The number of hydrogen-bond donors (Lipinski definition) is 1. The summed E-state index contributed by atoms with van der Waals surface area (Å²) >= 11 is 1.77. The Bertz CT molecular complexity index is 1780. The van der Waals surface area contributed by atoms with Gasteiger partial charge < -0.3 is 14.4 Å². The zero-order chi connectivity index (χ0) is 30.6. The highest BCUT2D eigenvalue weighted by Gasteiger charge is 2.61. The van der Waals surface area contributed by atoms with Crippen LogP contribution in [0.1, 0.15) is 76.3 Å². The second-order valence-corrected chi connectivity index (χ2v) is 14.1. The van der Waals surface area contributed by atoms with Crippen LogP contribution in [0.15, 0.2) is 47.5 Å². The number of thioether (sulfide) groups is 1. The number of terminal acetylenes is 1.